The lowest BCUT2D eigenvalue weighted by Gasteiger charge is -2.13. The van der Waals surface area contributed by atoms with Crippen LogP contribution in [-0.4, -0.2) is 45.6 Å². The molecule has 0 fully saturated rings. The van der Waals surface area contributed by atoms with Gasteiger partial charge in [-0.15, -0.1) is 0 Å². The van der Waals surface area contributed by atoms with Crippen LogP contribution in [0.1, 0.15) is 0 Å². The Morgan fingerprint density at radius 3 is 1.93 bits per heavy atom. The number of carbonyl (C=O) groups excluding carboxylic acids is 1. The van der Waals surface area contributed by atoms with Gasteiger partial charge in [0.15, 0.2) is 0 Å². The summed E-state index contributed by atoms with van der Waals surface area (Å²) in [6, 6.07) is 18.6. The van der Waals surface area contributed by atoms with Crippen molar-refractivity contribution < 1.29 is 23.7 Å². The van der Waals surface area contributed by atoms with Crippen LogP contribution in [-0.2, 0) is 19.0 Å². The van der Waals surface area contributed by atoms with E-state index in [1.165, 1.54) is 0 Å². The second kappa shape index (κ2) is 10.4. The minimum absolute atomic E-state index is 0.210. The fourth-order valence-corrected chi connectivity index (χ4v) is 2.91. The third-order valence-corrected chi connectivity index (χ3v) is 4.21. The normalized spacial score (nSPS) is 10.9. The molecule has 146 valence electrons. The van der Waals surface area contributed by atoms with Gasteiger partial charge in [0.25, 0.3) is 0 Å². The monoisotopic (exact) mass is 380 g/mol. The first-order valence-corrected chi connectivity index (χ1v) is 9.27. The van der Waals surface area contributed by atoms with E-state index >= 15 is 0 Å². The summed E-state index contributed by atoms with van der Waals surface area (Å²) in [5.41, 5.74) is 0. The summed E-state index contributed by atoms with van der Waals surface area (Å²) in [6.45, 7) is 5.68. The minimum Gasteiger partial charge on any atom is -0.490 e. The first kappa shape index (κ1) is 19.9. The third-order valence-electron chi connectivity index (χ3n) is 4.21. The molecule has 0 spiro atoms. The fraction of sp³-hybridized carbons (Fsp3) is 0.261. The van der Waals surface area contributed by atoms with Gasteiger partial charge in [-0.1, -0.05) is 55.1 Å². The van der Waals surface area contributed by atoms with Crippen LogP contribution >= 0.6 is 0 Å². The smallest absolute Gasteiger partial charge is 0.330 e. The Kier molecular flexibility index (Phi) is 7.41. The second-order valence-electron chi connectivity index (χ2n) is 6.09. The Bertz CT molecular complexity index is 881. The maximum Gasteiger partial charge on any atom is 0.330 e. The van der Waals surface area contributed by atoms with Crippen LogP contribution in [0.4, 0.5) is 0 Å². The highest BCUT2D eigenvalue weighted by Gasteiger charge is 2.08. The Labute approximate surface area is 164 Å². The van der Waals surface area contributed by atoms with Gasteiger partial charge in [-0.25, -0.2) is 4.79 Å². The molecule has 28 heavy (non-hydrogen) atoms. The summed E-state index contributed by atoms with van der Waals surface area (Å²) in [5, 5.41) is 4.50. The molecule has 0 saturated heterocycles. The standard InChI is InChI=1S/C23H24O5/c1-2-22(24)27-15-13-25-11-12-26-14-16-28-23-20-9-5-3-7-18(20)17-19-8-4-6-10-21(19)23/h2-10,17H,1,11-16H2. The number of esters is 1. The lowest BCUT2D eigenvalue weighted by Crippen LogP contribution is -2.13. The predicted octanol–water partition coefficient (Wildman–Crippen LogP) is 4.13. The number of benzene rings is 3. The molecule has 3 aromatic rings. The van der Waals surface area contributed by atoms with Crippen molar-refractivity contribution >= 4 is 27.5 Å². The Morgan fingerprint density at radius 2 is 1.32 bits per heavy atom. The van der Waals surface area contributed by atoms with Gasteiger partial charge in [-0.05, 0) is 16.8 Å². The predicted molar refractivity (Wildman–Crippen MR) is 110 cm³/mol. The lowest BCUT2D eigenvalue weighted by atomic mass is 10.0. The molecule has 0 aliphatic rings. The van der Waals surface area contributed by atoms with E-state index in [9.17, 15) is 4.79 Å². The molecule has 5 heteroatoms. The van der Waals surface area contributed by atoms with Crippen molar-refractivity contribution in [2.24, 2.45) is 0 Å². The van der Waals surface area contributed by atoms with E-state index in [4.69, 9.17) is 18.9 Å². The molecule has 0 heterocycles. The minimum atomic E-state index is -0.446. The second-order valence-corrected chi connectivity index (χ2v) is 6.09. The van der Waals surface area contributed by atoms with Crippen molar-refractivity contribution in [3.8, 4) is 5.75 Å². The average molecular weight is 380 g/mol. The van der Waals surface area contributed by atoms with Crippen molar-refractivity contribution in [1.82, 2.24) is 0 Å². The number of ether oxygens (including phenoxy) is 4. The average Bonchev–Trinajstić information content (AvgIpc) is 2.74. The maximum absolute atomic E-state index is 10.9. The summed E-state index contributed by atoms with van der Waals surface area (Å²) >= 11 is 0. The van der Waals surface area contributed by atoms with E-state index in [0.717, 1.165) is 33.4 Å². The van der Waals surface area contributed by atoms with Crippen molar-refractivity contribution in [3.63, 3.8) is 0 Å². The highest BCUT2D eigenvalue weighted by molar-refractivity contribution is 6.05. The number of hydrogen-bond donors (Lipinski definition) is 0. The molecule has 0 bridgehead atoms. The summed E-state index contributed by atoms with van der Waals surface area (Å²) < 4.78 is 21.8. The summed E-state index contributed by atoms with van der Waals surface area (Å²) in [7, 11) is 0. The van der Waals surface area contributed by atoms with E-state index in [2.05, 4.69) is 36.9 Å². The molecule has 0 saturated carbocycles. The Balaban J connectivity index is 1.44. The van der Waals surface area contributed by atoms with Gasteiger partial charge in [0, 0.05) is 16.8 Å². The lowest BCUT2D eigenvalue weighted by molar-refractivity contribution is -0.139. The Hall–Kier alpha value is -2.89. The molecule has 0 aliphatic heterocycles. The molecular formula is C23H24O5. The van der Waals surface area contributed by atoms with Crippen LogP contribution in [0, 0.1) is 0 Å². The fourth-order valence-electron chi connectivity index (χ4n) is 2.91. The molecular weight excluding hydrogens is 356 g/mol. The number of hydrogen-bond acceptors (Lipinski definition) is 5. The highest BCUT2D eigenvalue weighted by atomic mass is 16.6. The van der Waals surface area contributed by atoms with Gasteiger partial charge in [0.05, 0.1) is 26.4 Å². The van der Waals surface area contributed by atoms with Crippen molar-refractivity contribution in [3.05, 3.63) is 67.3 Å². The Morgan fingerprint density at radius 1 is 0.786 bits per heavy atom. The summed E-state index contributed by atoms with van der Waals surface area (Å²) in [6.07, 6.45) is 1.13. The van der Waals surface area contributed by atoms with Crippen LogP contribution in [0.5, 0.6) is 5.75 Å². The van der Waals surface area contributed by atoms with E-state index in [1.807, 2.05) is 24.3 Å². The zero-order valence-electron chi connectivity index (χ0n) is 15.8. The molecule has 0 N–H and O–H groups in total. The highest BCUT2D eigenvalue weighted by Crippen LogP contribution is 2.34. The number of carbonyl (C=O) groups is 1. The molecule has 3 aromatic carbocycles. The number of fused-ring (bicyclic) bond motifs is 2. The van der Waals surface area contributed by atoms with E-state index in [0.29, 0.717) is 33.0 Å². The van der Waals surface area contributed by atoms with Crippen LogP contribution < -0.4 is 4.74 Å². The third kappa shape index (κ3) is 5.31. The molecule has 3 rings (SSSR count). The van der Waals surface area contributed by atoms with Crippen LogP contribution in [0.15, 0.2) is 67.3 Å². The van der Waals surface area contributed by atoms with E-state index < -0.39 is 5.97 Å². The van der Waals surface area contributed by atoms with Crippen LogP contribution in [0.3, 0.4) is 0 Å². The number of rotatable bonds is 11. The zero-order chi connectivity index (χ0) is 19.6. The van der Waals surface area contributed by atoms with Crippen molar-refractivity contribution in [1.29, 1.82) is 0 Å². The van der Waals surface area contributed by atoms with Gasteiger partial charge < -0.3 is 18.9 Å². The van der Waals surface area contributed by atoms with Gasteiger partial charge in [-0.3, -0.25) is 0 Å². The van der Waals surface area contributed by atoms with Gasteiger partial charge in [0.2, 0.25) is 0 Å². The molecule has 0 aliphatic carbocycles. The molecule has 0 unspecified atom stereocenters. The van der Waals surface area contributed by atoms with Crippen molar-refractivity contribution in [2.45, 2.75) is 0 Å². The van der Waals surface area contributed by atoms with Crippen molar-refractivity contribution in [2.75, 3.05) is 39.6 Å². The molecule has 5 nitrogen and oxygen atoms in total. The SMILES string of the molecule is C=CC(=O)OCCOCCOCCOc1c2ccccc2cc2ccccc12. The van der Waals surface area contributed by atoms with Gasteiger partial charge in [-0.2, -0.15) is 0 Å². The quantitative estimate of drug-likeness (QED) is 0.217. The summed E-state index contributed by atoms with van der Waals surface area (Å²) in [5.74, 6) is 0.440. The molecule has 0 amide bonds. The summed E-state index contributed by atoms with van der Waals surface area (Å²) in [4.78, 5) is 10.9. The zero-order valence-corrected chi connectivity index (χ0v) is 15.8. The van der Waals surface area contributed by atoms with E-state index in [-0.39, 0.29) is 6.61 Å². The topological polar surface area (TPSA) is 54.0 Å². The first-order chi connectivity index (χ1) is 13.8. The molecule has 0 radical (unpaired) electrons. The van der Waals surface area contributed by atoms with E-state index in [1.54, 1.807) is 0 Å². The van der Waals surface area contributed by atoms with Crippen LogP contribution in [0.2, 0.25) is 0 Å². The molecule has 0 atom stereocenters. The van der Waals surface area contributed by atoms with Gasteiger partial charge >= 0.3 is 5.97 Å². The van der Waals surface area contributed by atoms with Gasteiger partial charge in [0.1, 0.15) is 19.0 Å². The largest absolute Gasteiger partial charge is 0.490 e. The first-order valence-electron chi connectivity index (χ1n) is 9.27. The maximum atomic E-state index is 10.9. The van der Waals surface area contributed by atoms with Crippen LogP contribution in [0.25, 0.3) is 21.5 Å². The molecule has 0 aromatic heterocycles.